The predicted octanol–water partition coefficient (Wildman–Crippen LogP) is 2.94. The lowest BCUT2D eigenvalue weighted by Gasteiger charge is -2.31. The first-order valence-electron chi connectivity index (χ1n) is 8.38. The second kappa shape index (κ2) is 7.21. The molecule has 0 unspecified atom stereocenters. The number of hydrogen-bond acceptors (Lipinski definition) is 4. The van der Waals surface area contributed by atoms with Crippen molar-refractivity contribution in [1.29, 1.82) is 0 Å². The summed E-state index contributed by atoms with van der Waals surface area (Å²) in [6.45, 7) is 1.49. The summed E-state index contributed by atoms with van der Waals surface area (Å²) in [5.41, 5.74) is 1.05. The van der Waals surface area contributed by atoms with Gasteiger partial charge in [0, 0.05) is 24.8 Å². The van der Waals surface area contributed by atoms with Crippen molar-refractivity contribution >= 4 is 5.91 Å². The molecule has 2 fully saturated rings. The number of amides is 1. The van der Waals surface area contributed by atoms with E-state index in [2.05, 4.69) is 0 Å². The van der Waals surface area contributed by atoms with Crippen LogP contribution in [0.5, 0.6) is 11.5 Å². The van der Waals surface area contributed by atoms with Gasteiger partial charge in [0.2, 0.25) is 0 Å². The van der Waals surface area contributed by atoms with Gasteiger partial charge in [0.1, 0.15) is 17.6 Å². The number of benzene rings is 1. The summed E-state index contributed by atoms with van der Waals surface area (Å²) in [5.74, 6) is 1.67. The van der Waals surface area contributed by atoms with Gasteiger partial charge in [-0.3, -0.25) is 4.79 Å². The lowest BCUT2D eigenvalue weighted by Crippen LogP contribution is -2.41. The summed E-state index contributed by atoms with van der Waals surface area (Å²) in [6.07, 6.45) is 4.66. The van der Waals surface area contributed by atoms with Crippen LogP contribution in [-0.4, -0.2) is 44.3 Å². The van der Waals surface area contributed by atoms with Crippen molar-refractivity contribution in [3.8, 4) is 11.5 Å². The average molecular weight is 319 g/mol. The monoisotopic (exact) mass is 319 g/mol. The van der Waals surface area contributed by atoms with Crippen molar-refractivity contribution in [1.82, 2.24) is 4.90 Å². The summed E-state index contributed by atoms with van der Waals surface area (Å²) >= 11 is 0. The van der Waals surface area contributed by atoms with Gasteiger partial charge in [0.05, 0.1) is 20.3 Å². The van der Waals surface area contributed by atoms with Crippen LogP contribution in [0.4, 0.5) is 0 Å². The largest absolute Gasteiger partial charge is 0.497 e. The molecule has 0 spiro atoms. The number of nitrogens with zero attached hydrogens (tertiary/aromatic N) is 1. The molecule has 0 bridgehead atoms. The Morgan fingerprint density at radius 2 is 2.04 bits per heavy atom. The molecule has 23 heavy (non-hydrogen) atoms. The highest BCUT2D eigenvalue weighted by Gasteiger charge is 2.36. The van der Waals surface area contributed by atoms with Crippen LogP contribution < -0.4 is 9.47 Å². The van der Waals surface area contributed by atoms with Crippen LogP contribution in [0.2, 0.25) is 0 Å². The minimum atomic E-state index is -0.270. The SMILES string of the molecule is COc1ccc([C@H]2CCCN2C(=O)[C@H]2CCCCO2)c(OC)c1. The number of ether oxygens (including phenoxy) is 3. The van der Waals surface area contributed by atoms with Gasteiger partial charge in [0.15, 0.2) is 0 Å². The van der Waals surface area contributed by atoms with Gasteiger partial charge in [0.25, 0.3) is 5.91 Å². The van der Waals surface area contributed by atoms with Gasteiger partial charge in [-0.1, -0.05) is 0 Å². The second-order valence-corrected chi connectivity index (χ2v) is 6.15. The number of carbonyl (C=O) groups is 1. The zero-order valence-electron chi connectivity index (χ0n) is 13.9. The molecule has 0 aliphatic carbocycles. The summed E-state index contributed by atoms with van der Waals surface area (Å²) < 4.78 is 16.5. The fourth-order valence-electron chi connectivity index (χ4n) is 3.57. The highest BCUT2D eigenvalue weighted by atomic mass is 16.5. The Morgan fingerprint density at radius 3 is 2.74 bits per heavy atom. The van der Waals surface area contributed by atoms with Crippen LogP contribution in [0, 0.1) is 0 Å². The number of likely N-dealkylation sites (tertiary alicyclic amines) is 1. The minimum absolute atomic E-state index is 0.0638. The first kappa shape index (κ1) is 16.1. The van der Waals surface area contributed by atoms with E-state index in [0.717, 1.165) is 55.7 Å². The van der Waals surface area contributed by atoms with E-state index in [0.29, 0.717) is 6.61 Å². The quantitative estimate of drug-likeness (QED) is 0.856. The van der Waals surface area contributed by atoms with E-state index in [1.807, 2.05) is 23.1 Å². The highest BCUT2D eigenvalue weighted by molar-refractivity contribution is 5.82. The summed E-state index contributed by atoms with van der Waals surface area (Å²) in [5, 5.41) is 0. The zero-order chi connectivity index (χ0) is 16.2. The topological polar surface area (TPSA) is 48.0 Å². The van der Waals surface area contributed by atoms with E-state index in [-0.39, 0.29) is 18.1 Å². The zero-order valence-corrected chi connectivity index (χ0v) is 13.9. The molecule has 2 aliphatic heterocycles. The fraction of sp³-hybridized carbons (Fsp3) is 0.611. The van der Waals surface area contributed by atoms with E-state index in [1.54, 1.807) is 14.2 Å². The van der Waals surface area contributed by atoms with Crippen molar-refractivity contribution in [3.63, 3.8) is 0 Å². The molecule has 3 rings (SSSR count). The molecule has 5 heteroatoms. The van der Waals surface area contributed by atoms with E-state index < -0.39 is 0 Å². The third-order valence-electron chi connectivity index (χ3n) is 4.79. The Morgan fingerprint density at radius 1 is 1.17 bits per heavy atom. The van der Waals surface area contributed by atoms with Gasteiger partial charge in [-0.05, 0) is 44.2 Å². The van der Waals surface area contributed by atoms with Crippen LogP contribution in [0.1, 0.15) is 43.7 Å². The maximum absolute atomic E-state index is 12.8. The van der Waals surface area contributed by atoms with Gasteiger partial charge < -0.3 is 19.1 Å². The molecule has 0 saturated carbocycles. The van der Waals surface area contributed by atoms with Gasteiger partial charge in [-0.25, -0.2) is 0 Å². The van der Waals surface area contributed by atoms with E-state index in [1.165, 1.54) is 0 Å². The van der Waals surface area contributed by atoms with E-state index in [4.69, 9.17) is 14.2 Å². The number of methoxy groups -OCH3 is 2. The van der Waals surface area contributed by atoms with Crippen LogP contribution >= 0.6 is 0 Å². The third-order valence-corrected chi connectivity index (χ3v) is 4.79. The van der Waals surface area contributed by atoms with Crippen LogP contribution in [-0.2, 0) is 9.53 Å². The molecule has 2 saturated heterocycles. The lowest BCUT2D eigenvalue weighted by molar-refractivity contribution is -0.147. The highest BCUT2D eigenvalue weighted by Crippen LogP contribution is 2.39. The fourth-order valence-corrected chi connectivity index (χ4v) is 3.57. The predicted molar refractivity (Wildman–Crippen MR) is 86.8 cm³/mol. The molecule has 0 aromatic heterocycles. The molecule has 2 heterocycles. The summed E-state index contributed by atoms with van der Waals surface area (Å²) in [6, 6.07) is 5.88. The van der Waals surface area contributed by atoms with Gasteiger partial charge >= 0.3 is 0 Å². The van der Waals surface area contributed by atoms with Gasteiger partial charge in [-0.15, -0.1) is 0 Å². The van der Waals surface area contributed by atoms with Crippen LogP contribution in [0.3, 0.4) is 0 Å². The van der Waals surface area contributed by atoms with Crippen molar-refractivity contribution in [2.45, 2.75) is 44.2 Å². The third kappa shape index (κ3) is 3.29. The Hall–Kier alpha value is -1.75. The molecule has 0 N–H and O–H groups in total. The number of hydrogen-bond donors (Lipinski definition) is 0. The summed E-state index contributed by atoms with van der Waals surface area (Å²) in [4.78, 5) is 14.8. The molecule has 0 radical (unpaired) electrons. The molecule has 1 aromatic rings. The average Bonchev–Trinajstić information content (AvgIpc) is 3.10. The Balaban J connectivity index is 1.82. The van der Waals surface area contributed by atoms with Crippen LogP contribution in [0.25, 0.3) is 0 Å². The van der Waals surface area contributed by atoms with E-state index in [9.17, 15) is 4.79 Å². The Bertz CT molecular complexity index is 554. The summed E-state index contributed by atoms with van der Waals surface area (Å²) in [7, 11) is 3.30. The maximum Gasteiger partial charge on any atom is 0.252 e. The standard InChI is InChI=1S/C18H25NO4/c1-21-13-8-9-14(17(12-13)22-2)15-6-5-10-19(15)18(20)16-7-3-4-11-23-16/h8-9,12,15-16H,3-7,10-11H2,1-2H3/t15-,16-/m1/s1. The number of rotatable bonds is 4. The first-order valence-corrected chi connectivity index (χ1v) is 8.38. The molecule has 2 atom stereocenters. The normalized spacial score (nSPS) is 24.5. The van der Waals surface area contributed by atoms with Crippen molar-refractivity contribution in [2.75, 3.05) is 27.4 Å². The molecular formula is C18H25NO4. The molecule has 1 aromatic carbocycles. The minimum Gasteiger partial charge on any atom is -0.497 e. The number of carbonyl (C=O) groups excluding carboxylic acids is 1. The van der Waals surface area contributed by atoms with E-state index >= 15 is 0 Å². The van der Waals surface area contributed by atoms with Crippen molar-refractivity contribution in [3.05, 3.63) is 23.8 Å². The molecular weight excluding hydrogens is 294 g/mol. The molecule has 1 amide bonds. The molecule has 5 nitrogen and oxygen atoms in total. The van der Waals surface area contributed by atoms with Gasteiger partial charge in [-0.2, -0.15) is 0 Å². The maximum atomic E-state index is 12.8. The first-order chi connectivity index (χ1) is 11.2. The van der Waals surface area contributed by atoms with Crippen molar-refractivity contribution in [2.24, 2.45) is 0 Å². The lowest BCUT2D eigenvalue weighted by atomic mass is 10.0. The second-order valence-electron chi connectivity index (χ2n) is 6.15. The Labute approximate surface area is 137 Å². The molecule has 2 aliphatic rings. The van der Waals surface area contributed by atoms with Crippen LogP contribution in [0.15, 0.2) is 18.2 Å². The van der Waals surface area contributed by atoms with Crippen molar-refractivity contribution < 1.29 is 19.0 Å². The smallest absolute Gasteiger partial charge is 0.252 e. The Kier molecular flexibility index (Phi) is 5.06. The molecule has 126 valence electrons.